The molecule has 1 aromatic heterocycles. The number of carbonyl (C=O) groups excluding carboxylic acids is 1. The number of amides is 1. The zero-order valence-electron chi connectivity index (χ0n) is 10.6. The lowest BCUT2D eigenvalue weighted by molar-refractivity contribution is 0.0409. The Kier molecular flexibility index (Phi) is 4.07. The van der Waals surface area contributed by atoms with E-state index in [0.29, 0.717) is 11.4 Å². The maximum Gasteiger partial charge on any atom is 0.255 e. The van der Waals surface area contributed by atoms with Crippen LogP contribution in [0.1, 0.15) is 31.1 Å². The van der Waals surface area contributed by atoms with Gasteiger partial charge in [-0.05, 0) is 32.9 Å². The van der Waals surface area contributed by atoms with Gasteiger partial charge in [-0.3, -0.25) is 4.79 Å². The average molecular weight is 237 g/mol. The van der Waals surface area contributed by atoms with Crippen molar-refractivity contribution < 1.29 is 9.90 Å². The molecule has 0 aliphatic carbocycles. The Morgan fingerprint density at radius 3 is 2.71 bits per heavy atom. The molecule has 1 amide bonds. The van der Waals surface area contributed by atoms with Gasteiger partial charge in [0.1, 0.15) is 5.82 Å². The van der Waals surface area contributed by atoms with Crippen molar-refractivity contribution in [2.75, 3.05) is 12.4 Å². The zero-order chi connectivity index (χ0) is 13.1. The van der Waals surface area contributed by atoms with Gasteiger partial charge in [0.15, 0.2) is 0 Å². The lowest BCUT2D eigenvalue weighted by Gasteiger charge is -2.26. The van der Waals surface area contributed by atoms with Crippen LogP contribution in [0.3, 0.4) is 0 Å². The van der Waals surface area contributed by atoms with E-state index in [-0.39, 0.29) is 11.9 Å². The number of nitrogens with one attached hydrogen (secondary N) is 2. The molecule has 0 saturated carbocycles. The normalized spacial score (nSPS) is 13.0. The van der Waals surface area contributed by atoms with Gasteiger partial charge in [0.25, 0.3) is 5.91 Å². The molecule has 1 atom stereocenters. The van der Waals surface area contributed by atoms with Crippen molar-refractivity contribution in [2.24, 2.45) is 0 Å². The van der Waals surface area contributed by atoms with E-state index < -0.39 is 5.60 Å². The number of aliphatic hydroxyl groups is 1. The Bertz CT molecular complexity index is 399. The molecule has 0 aliphatic heterocycles. The molecule has 0 bridgehead atoms. The largest absolute Gasteiger partial charge is 0.388 e. The predicted molar refractivity (Wildman–Crippen MR) is 67.0 cm³/mol. The van der Waals surface area contributed by atoms with Gasteiger partial charge >= 0.3 is 0 Å². The van der Waals surface area contributed by atoms with Crippen molar-refractivity contribution in [2.45, 2.75) is 32.4 Å². The van der Waals surface area contributed by atoms with Gasteiger partial charge in [-0.2, -0.15) is 0 Å². The first-order chi connectivity index (χ1) is 7.86. The molecule has 0 aliphatic rings. The predicted octanol–water partition coefficient (Wildman–Crippen LogP) is 1.01. The summed E-state index contributed by atoms with van der Waals surface area (Å²) in [6.45, 7) is 5.06. The second kappa shape index (κ2) is 5.14. The SMILES string of the molecule is CNc1ncccc1C(=O)NC(C)C(C)(C)O. The molecule has 5 nitrogen and oxygen atoms in total. The number of aromatic nitrogens is 1. The Labute approximate surface area is 101 Å². The van der Waals surface area contributed by atoms with Crippen molar-refractivity contribution in [1.82, 2.24) is 10.3 Å². The highest BCUT2D eigenvalue weighted by molar-refractivity contribution is 5.98. The van der Waals surface area contributed by atoms with Gasteiger partial charge in [0, 0.05) is 13.2 Å². The summed E-state index contributed by atoms with van der Waals surface area (Å²) >= 11 is 0. The monoisotopic (exact) mass is 237 g/mol. The maximum atomic E-state index is 12.0. The van der Waals surface area contributed by atoms with E-state index in [1.165, 1.54) is 0 Å². The van der Waals surface area contributed by atoms with Crippen LogP contribution >= 0.6 is 0 Å². The third-order valence-electron chi connectivity index (χ3n) is 2.70. The van der Waals surface area contributed by atoms with E-state index in [0.717, 1.165) is 0 Å². The molecule has 17 heavy (non-hydrogen) atoms. The molecule has 0 fully saturated rings. The van der Waals surface area contributed by atoms with Crippen LogP contribution in [0.15, 0.2) is 18.3 Å². The van der Waals surface area contributed by atoms with Crippen LogP contribution < -0.4 is 10.6 Å². The third kappa shape index (κ3) is 3.42. The van der Waals surface area contributed by atoms with Crippen molar-refractivity contribution in [3.63, 3.8) is 0 Å². The summed E-state index contributed by atoms with van der Waals surface area (Å²) in [5, 5.41) is 15.4. The van der Waals surface area contributed by atoms with Gasteiger partial charge < -0.3 is 15.7 Å². The number of pyridine rings is 1. The van der Waals surface area contributed by atoms with Gasteiger partial charge in [0.05, 0.1) is 17.2 Å². The highest BCUT2D eigenvalue weighted by Gasteiger charge is 2.25. The number of rotatable bonds is 4. The van der Waals surface area contributed by atoms with Crippen LogP contribution in [-0.2, 0) is 0 Å². The van der Waals surface area contributed by atoms with Crippen molar-refractivity contribution in [3.8, 4) is 0 Å². The molecule has 1 heterocycles. The Balaban J connectivity index is 2.84. The molecule has 0 spiro atoms. The number of hydrogen-bond acceptors (Lipinski definition) is 4. The molecule has 3 N–H and O–H groups in total. The van der Waals surface area contributed by atoms with Crippen LogP contribution in [-0.4, -0.2) is 34.7 Å². The summed E-state index contributed by atoms with van der Waals surface area (Å²) in [5.74, 6) is 0.269. The lowest BCUT2D eigenvalue weighted by atomic mass is 10.0. The molecular formula is C12H19N3O2. The van der Waals surface area contributed by atoms with Crippen molar-refractivity contribution >= 4 is 11.7 Å². The number of nitrogens with zero attached hydrogens (tertiary/aromatic N) is 1. The Hall–Kier alpha value is -1.62. The maximum absolute atomic E-state index is 12.0. The standard InChI is InChI=1S/C12H19N3O2/c1-8(12(2,3)17)15-11(16)9-6-5-7-14-10(9)13-4/h5-8,17H,1-4H3,(H,13,14)(H,15,16). The fourth-order valence-corrected chi connectivity index (χ4v) is 1.24. The van der Waals surface area contributed by atoms with Crippen LogP contribution in [0.25, 0.3) is 0 Å². The number of carbonyl (C=O) groups is 1. The van der Waals surface area contributed by atoms with E-state index in [9.17, 15) is 9.90 Å². The molecule has 1 aromatic rings. The van der Waals surface area contributed by atoms with Crippen LogP contribution in [0.5, 0.6) is 0 Å². The minimum absolute atomic E-state index is 0.253. The third-order valence-corrected chi connectivity index (χ3v) is 2.70. The van der Waals surface area contributed by atoms with E-state index in [1.807, 2.05) is 0 Å². The minimum atomic E-state index is -0.961. The average Bonchev–Trinajstić information content (AvgIpc) is 2.27. The molecular weight excluding hydrogens is 218 g/mol. The first kappa shape index (κ1) is 13.4. The molecule has 1 unspecified atom stereocenters. The molecule has 1 rings (SSSR count). The molecule has 0 radical (unpaired) electrons. The summed E-state index contributed by atoms with van der Waals surface area (Å²) < 4.78 is 0. The molecule has 5 heteroatoms. The minimum Gasteiger partial charge on any atom is -0.388 e. The van der Waals surface area contributed by atoms with E-state index in [2.05, 4.69) is 15.6 Å². The second-order valence-electron chi connectivity index (χ2n) is 4.50. The van der Waals surface area contributed by atoms with E-state index >= 15 is 0 Å². The fraction of sp³-hybridized carbons (Fsp3) is 0.500. The summed E-state index contributed by atoms with van der Waals surface area (Å²) in [6.07, 6.45) is 1.61. The topological polar surface area (TPSA) is 74.2 Å². The van der Waals surface area contributed by atoms with Gasteiger partial charge in [-0.15, -0.1) is 0 Å². The summed E-state index contributed by atoms with van der Waals surface area (Å²) in [4.78, 5) is 16.0. The Morgan fingerprint density at radius 1 is 1.53 bits per heavy atom. The lowest BCUT2D eigenvalue weighted by Crippen LogP contribution is -2.47. The van der Waals surface area contributed by atoms with E-state index in [4.69, 9.17) is 0 Å². The van der Waals surface area contributed by atoms with Crippen LogP contribution in [0, 0.1) is 0 Å². The fourth-order valence-electron chi connectivity index (χ4n) is 1.24. The quantitative estimate of drug-likeness (QED) is 0.730. The number of anilines is 1. The van der Waals surface area contributed by atoms with Gasteiger partial charge in [0.2, 0.25) is 0 Å². The first-order valence-electron chi connectivity index (χ1n) is 5.52. The smallest absolute Gasteiger partial charge is 0.255 e. The summed E-state index contributed by atoms with van der Waals surface area (Å²) in [5.41, 5.74) is -0.497. The van der Waals surface area contributed by atoms with E-state index in [1.54, 1.807) is 46.1 Å². The summed E-state index contributed by atoms with van der Waals surface area (Å²) in [6, 6.07) is 3.04. The summed E-state index contributed by atoms with van der Waals surface area (Å²) in [7, 11) is 1.71. The van der Waals surface area contributed by atoms with Crippen LogP contribution in [0.4, 0.5) is 5.82 Å². The molecule has 0 saturated heterocycles. The molecule has 0 aromatic carbocycles. The van der Waals surface area contributed by atoms with Gasteiger partial charge in [-0.1, -0.05) is 0 Å². The Morgan fingerprint density at radius 2 is 2.18 bits per heavy atom. The highest BCUT2D eigenvalue weighted by atomic mass is 16.3. The van der Waals surface area contributed by atoms with Crippen LogP contribution in [0.2, 0.25) is 0 Å². The highest BCUT2D eigenvalue weighted by Crippen LogP contribution is 2.13. The van der Waals surface area contributed by atoms with Gasteiger partial charge in [-0.25, -0.2) is 4.98 Å². The van der Waals surface area contributed by atoms with Crippen molar-refractivity contribution in [1.29, 1.82) is 0 Å². The number of hydrogen-bond donors (Lipinski definition) is 3. The van der Waals surface area contributed by atoms with Crippen molar-refractivity contribution in [3.05, 3.63) is 23.9 Å². The zero-order valence-corrected chi connectivity index (χ0v) is 10.6. The molecule has 94 valence electrons. The second-order valence-corrected chi connectivity index (χ2v) is 4.50. The first-order valence-corrected chi connectivity index (χ1v) is 5.52.